The second kappa shape index (κ2) is 6.68. The van der Waals surface area contributed by atoms with Gasteiger partial charge in [-0.3, -0.25) is 9.79 Å². The molecule has 4 N–H and O–H groups in total. The summed E-state index contributed by atoms with van der Waals surface area (Å²) in [5.41, 5.74) is 1.96. The first-order valence-corrected chi connectivity index (χ1v) is 7.81. The van der Waals surface area contributed by atoms with Crippen LogP contribution in [0.2, 0.25) is 0 Å². The molecule has 1 amide bonds. The van der Waals surface area contributed by atoms with Crippen LogP contribution >= 0.6 is 0 Å². The summed E-state index contributed by atoms with van der Waals surface area (Å²) in [6, 6.07) is 13.0. The third-order valence-corrected chi connectivity index (χ3v) is 4.01. The van der Waals surface area contributed by atoms with Gasteiger partial charge in [0.1, 0.15) is 11.3 Å². The van der Waals surface area contributed by atoms with Crippen molar-refractivity contribution in [3.05, 3.63) is 65.4 Å². The Morgan fingerprint density at radius 1 is 1.08 bits per heavy atom. The molecule has 0 spiro atoms. The van der Waals surface area contributed by atoms with E-state index in [0.717, 1.165) is 0 Å². The topological polar surface area (TPSA) is 102 Å². The average molecular weight is 338 g/mol. The minimum Gasteiger partial charge on any atom is -0.509 e. The van der Waals surface area contributed by atoms with Crippen molar-refractivity contribution in [2.45, 2.75) is 19.4 Å². The third kappa shape index (κ3) is 3.47. The number of carbonyl (C=O) groups is 1. The van der Waals surface area contributed by atoms with E-state index in [-0.39, 0.29) is 35.2 Å². The Morgan fingerprint density at radius 2 is 1.80 bits per heavy atom. The van der Waals surface area contributed by atoms with Gasteiger partial charge >= 0.3 is 0 Å². The number of amides is 1. The van der Waals surface area contributed by atoms with Crippen LogP contribution < -0.4 is 5.32 Å². The van der Waals surface area contributed by atoms with E-state index in [1.54, 1.807) is 13.0 Å². The number of hydrogen-bond donors (Lipinski definition) is 4. The van der Waals surface area contributed by atoms with Gasteiger partial charge in [-0.25, -0.2) is 0 Å². The summed E-state index contributed by atoms with van der Waals surface area (Å²) in [7, 11) is 0. The fraction of sp³-hybridized carbons (Fsp3) is 0.158. The first kappa shape index (κ1) is 16.6. The number of aliphatic imine (C=N–C) groups is 1. The van der Waals surface area contributed by atoms with Crippen molar-refractivity contribution >= 4 is 17.3 Å². The van der Waals surface area contributed by atoms with Gasteiger partial charge in [-0.2, -0.15) is 0 Å². The molecule has 2 aromatic carbocycles. The second-order valence-electron chi connectivity index (χ2n) is 5.85. The smallest absolute Gasteiger partial charge is 0.257 e. The van der Waals surface area contributed by atoms with E-state index in [0.29, 0.717) is 17.0 Å². The van der Waals surface area contributed by atoms with Crippen molar-refractivity contribution in [1.29, 1.82) is 0 Å². The maximum Gasteiger partial charge on any atom is 0.257 e. The van der Waals surface area contributed by atoms with Gasteiger partial charge < -0.3 is 20.6 Å². The molecule has 1 aliphatic rings. The van der Waals surface area contributed by atoms with Gasteiger partial charge in [0.25, 0.3) is 5.91 Å². The summed E-state index contributed by atoms with van der Waals surface area (Å²) in [5.74, 6) is -0.921. The average Bonchev–Trinajstić information content (AvgIpc) is 2.86. The van der Waals surface area contributed by atoms with Crippen LogP contribution in [-0.4, -0.2) is 33.0 Å². The van der Waals surface area contributed by atoms with Gasteiger partial charge in [0.2, 0.25) is 0 Å². The molecule has 25 heavy (non-hydrogen) atoms. The number of aromatic hydroxyl groups is 2. The number of phenolic OH excluding ortho intramolecular Hbond substituents is 2. The van der Waals surface area contributed by atoms with Gasteiger partial charge in [0.05, 0.1) is 17.4 Å². The minimum absolute atomic E-state index is 0.0743. The van der Waals surface area contributed by atoms with Crippen molar-refractivity contribution in [2.24, 2.45) is 4.99 Å². The fourth-order valence-corrected chi connectivity index (χ4v) is 2.77. The van der Waals surface area contributed by atoms with E-state index >= 15 is 0 Å². The number of carbonyl (C=O) groups excluding carboxylic acids is 1. The Bertz CT molecular complexity index is 872. The van der Waals surface area contributed by atoms with Crippen LogP contribution in [0.3, 0.4) is 0 Å². The molecule has 0 bridgehead atoms. The van der Waals surface area contributed by atoms with Crippen molar-refractivity contribution in [3.8, 4) is 11.5 Å². The molecule has 2 aromatic rings. The molecule has 0 radical (unpaired) electrons. The number of benzene rings is 2. The molecule has 128 valence electrons. The van der Waals surface area contributed by atoms with Gasteiger partial charge in [-0.15, -0.1) is 0 Å². The first-order chi connectivity index (χ1) is 12.0. The summed E-state index contributed by atoms with van der Waals surface area (Å²) < 4.78 is 0. The van der Waals surface area contributed by atoms with Crippen LogP contribution in [0.5, 0.6) is 11.5 Å². The van der Waals surface area contributed by atoms with Crippen LogP contribution in [0, 0.1) is 0 Å². The van der Waals surface area contributed by atoms with Gasteiger partial charge in [-0.1, -0.05) is 24.3 Å². The highest BCUT2D eigenvalue weighted by Crippen LogP contribution is 2.27. The lowest BCUT2D eigenvalue weighted by molar-refractivity contribution is -0.116. The maximum atomic E-state index is 12.2. The number of phenols is 2. The number of nitrogens with one attached hydrogen (secondary N) is 1. The molecule has 1 aliphatic heterocycles. The Morgan fingerprint density at radius 3 is 2.48 bits per heavy atom. The Balaban J connectivity index is 1.85. The summed E-state index contributed by atoms with van der Waals surface area (Å²) in [6.45, 7) is 1.67. The largest absolute Gasteiger partial charge is 0.509 e. The Kier molecular flexibility index (Phi) is 4.43. The highest BCUT2D eigenvalue weighted by molar-refractivity contribution is 6.23. The van der Waals surface area contributed by atoms with Crippen LogP contribution in [0.1, 0.15) is 12.5 Å². The molecule has 0 saturated carbocycles. The molecular formula is C19H18N2O4. The van der Waals surface area contributed by atoms with E-state index in [4.69, 9.17) is 0 Å². The van der Waals surface area contributed by atoms with Crippen LogP contribution in [-0.2, 0) is 11.2 Å². The summed E-state index contributed by atoms with van der Waals surface area (Å²) >= 11 is 0. The molecule has 0 saturated heterocycles. The van der Waals surface area contributed by atoms with Crippen molar-refractivity contribution in [1.82, 2.24) is 5.32 Å². The number of aliphatic hydroxyl groups excluding tert-OH is 1. The summed E-state index contributed by atoms with van der Waals surface area (Å²) in [4.78, 5) is 16.6. The third-order valence-electron chi connectivity index (χ3n) is 4.01. The molecule has 0 aromatic heterocycles. The molecule has 0 fully saturated rings. The quantitative estimate of drug-likeness (QED) is 0.508. The molecule has 0 aliphatic carbocycles. The van der Waals surface area contributed by atoms with Crippen molar-refractivity contribution < 1.29 is 20.1 Å². The lowest BCUT2D eigenvalue weighted by Gasteiger charge is -2.11. The molecule has 1 unspecified atom stereocenters. The minimum atomic E-state index is -0.604. The molecule has 1 atom stereocenters. The standard InChI is InChI=1S/C19H18N2O4/c1-11(20-13-5-3-2-4-6-13)17-18(24)14(21-19(17)25)9-12-7-8-15(22)16(23)10-12/h2-8,10,14,22-24H,9H2,1H3,(H,21,25). The van der Waals surface area contributed by atoms with Crippen LogP contribution in [0.25, 0.3) is 0 Å². The van der Waals surface area contributed by atoms with Gasteiger partial charge in [0, 0.05) is 6.42 Å². The monoisotopic (exact) mass is 338 g/mol. The van der Waals surface area contributed by atoms with Gasteiger partial charge in [0.15, 0.2) is 11.5 Å². The summed E-state index contributed by atoms with van der Waals surface area (Å²) in [5, 5.41) is 32.1. The number of rotatable bonds is 4. The van der Waals surface area contributed by atoms with E-state index in [2.05, 4.69) is 10.3 Å². The predicted octanol–water partition coefficient (Wildman–Crippen LogP) is 2.74. The summed E-state index contributed by atoms with van der Waals surface area (Å²) in [6.07, 6.45) is 0.285. The van der Waals surface area contributed by atoms with Crippen molar-refractivity contribution in [2.75, 3.05) is 0 Å². The lowest BCUT2D eigenvalue weighted by Crippen LogP contribution is -2.31. The zero-order valence-electron chi connectivity index (χ0n) is 13.6. The molecule has 1 heterocycles. The zero-order valence-corrected chi connectivity index (χ0v) is 13.6. The van der Waals surface area contributed by atoms with E-state index in [1.807, 2.05) is 30.3 Å². The zero-order chi connectivity index (χ0) is 18.0. The van der Waals surface area contributed by atoms with E-state index in [9.17, 15) is 20.1 Å². The number of hydrogen-bond acceptors (Lipinski definition) is 5. The Labute approximate surface area is 144 Å². The van der Waals surface area contributed by atoms with Crippen molar-refractivity contribution in [3.63, 3.8) is 0 Å². The Hall–Kier alpha value is -3.28. The van der Waals surface area contributed by atoms with Gasteiger partial charge in [-0.05, 0) is 36.8 Å². The molecular weight excluding hydrogens is 320 g/mol. The highest BCUT2D eigenvalue weighted by Gasteiger charge is 2.33. The second-order valence-corrected chi connectivity index (χ2v) is 5.85. The molecule has 6 nitrogen and oxygen atoms in total. The fourth-order valence-electron chi connectivity index (χ4n) is 2.77. The predicted molar refractivity (Wildman–Crippen MR) is 94.3 cm³/mol. The van der Waals surface area contributed by atoms with Crippen LogP contribution in [0.15, 0.2) is 64.9 Å². The van der Waals surface area contributed by atoms with Crippen LogP contribution in [0.4, 0.5) is 5.69 Å². The SMILES string of the molecule is CC(=Nc1ccccc1)C1=C(O)C(Cc2ccc(O)c(O)c2)NC1=O. The molecule has 6 heteroatoms. The number of nitrogens with zero attached hydrogens (tertiary/aromatic N) is 1. The first-order valence-electron chi connectivity index (χ1n) is 7.81. The normalized spacial score (nSPS) is 17.7. The maximum absolute atomic E-state index is 12.2. The lowest BCUT2D eigenvalue weighted by atomic mass is 10.0. The van der Waals surface area contributed by atoms with E-state index in [1.165, 1.54) is 12.1 Å². The number of aliphatic hydroxyl groups is 1. The highest BCUT2D eigenvalue weighted by atomic mass is 16.3. The van der Waals surface area contributed by atoms with E-state index < -0.39 is 6.04 Å². The number of para-hydroxylation sites is 1. The molecule has 3 rings (SSSR count).